The second-order valence-electron chi connectivity index (χ2n) is 8.69. The Kier molecular flexibility index (Phi) is 10.1. The number of Topliss-reactive ketones (excluding diaryl/α,β-unsaturated/α-hetero) is 1. The van der Waals surface area contributed by atoms with Crippen LogP contribution in [-0.2, 0) is 29.1 Å². The molecule has 3 aromatic rings. The third-order valence-electron chi connectivity index (χ3n) is 5.74. The molecule has 1 aromatic carbocycles. The van der Waals surface area contributed by atoms with Crippen LogP contribution in [0, 0.1) is 5.92 Å². The van der Waals surface area contributed by atoms with E-state index in [9.17, 15) is 14.7 Å². The first-order valence-electron chi connectivity index (χ1n) is 11.6. The van der Waals surface area contributed by atoms with Gasteiger partial charge in [0.05, 0.1) is 18.2 Å². The van der Waals surface area contributed by atoms with Crippen LogP contribution in [0.25, 0.3) is 11.0 Å². The van der Waals surface area contributed by atoms with Crippen LogP contribution in [0.3, 0.4) is 0 Å². The van der Waals surface area contributed by atoms with E-state index in [1.165, 1.54) is 6.20 Å². The molecule has 35 heavy (non-hydrogen) atoms. The molecule has 2 heterocycles. The Morgan fingerprint density at radius 2 is 1.94 bits per heavy atom. The number of aromatic nitrogens is 2. The Hall–Kier alpha value is -2.45. The highest BCUT2D eigenvalue weighted by Crippen LogP contribution is 2.30. The summed E-state index contributed by atoms with van der Waals surface area (Å²) in [6, 6.07) is 9.25. The molecule has 0 radical (unpaired) electrons. The summed E-state index contributed by atoms with van der Waals surface area (Å²) in [5.41, 5.74) is 2.89. The Labute approximate surface area is 214 Å². The van der Waals surface area contributed by atoms with Crippen LogP contribution in [0.1, 0.15) is 54.2 Å². The molecule has 2 aromatic heterocycles. The van der Waals surface area contributed by atoms with E-state index in [4.69, 9.17) is 33.0 Å². The maximum Gasteiger partial charge on any atom is 0.303 e. The number of fused-ring (bicyclic) bond motifs is 1. The first-order valence-corrected chi connectivity index (χ1v) is 12.4. The molecular weight excluding hydrogens is 491 g/mol. The number of benzene rings is 1. The molecule has 3 rings (SSSR count). The minimum atomic E-state index is -0.935. The first-order chi connectivity index (χ1) is 16.8. The van der Waals surface area contributed by atoms with Gasteiger partial charge in [-0.2, -0.15) is 0 Å². The molecule has 0 bridgehead atoms. The topological polar surface area (TPSA) is 102 Å². The van der Waals surface area contributed by atoms with E-state index in [-0.39, 0.29) is 31.1 Å². The van der Waals surface area contributed by atoms with Crippen molar-refractivity contribution in [2.45, 2.75) is 52.2 Å². The van der Waals surface area contributed by atoms with Gasteiger partial charge in [-0.05, 0) is 48.9 Å². The third-order valence-corrected chi connectivity index (χ3v) is 6.18. The lowest BCUT2D eigenvalue weighted by molar-refractivity contribution is -0.137. The number of halogens is 2. The van der Waals surface area contributed by atoms with Gasteiger partial charge in [-0.3, -0.25) is 9.59 Å². The van der Waals surface area contributed by atoms with Crippen molar-refractivity contribution in [1.29, 1.82) is 0 Å². The smallest absolute Gasteiger partial charge is 0.303 e. The van der Waals surface area contributed by atoms with Gasteiger partial charge in [0.15, 0.2) is 5.78 Å². The van der Waals surface area contributed by atoms with Crippen LogP contribution in [0.4, 0.5) is 0 Å². The number of carboxylic acid groups (broad SMARTS) is 1. The van der Waals surface area contributed by atoms with Crippen molar-refractivity contribution in [2.75, 3.05) is 13.2 Å². The maximum absolute atomic E-state index is 13.3. The Morgan fingerprint density at radius 1 is 1.14 bits per heavy atom. The summed E-state index contributed by atoms with van der Waals surface area (Å²) >= 11 is 12.2. The zero-order valence-electron chi connectivity index (χ0n) is 19.7. The predicted molar refractivity (Wildman–Crippen MR) is 136 cm³/mol. The van der Waals surface area contributed by atoms with E-state index in [0.717, 1.165) is 24.1 Å². The lowest BCUT2D eigenvalue weighted by Gasteiger charge is -2.12. The minimum Gasteiger partial charge on any atom is -0.481 e. The monoisotopic (exact) mass is 520 g/mol. The van der Waals surface area contributed by atoms with E-state index in [1.807, 2.05) is 28.8 Å². The van der Waals surface area contributed by atoms with Crippen molar-refractivity contribution < 1.29 is 24.5 Å². The van der Waals surface area contributed by atoms with Crippen molar-refractivity contribution in [3.8, 4) is 0 Å². The molecule has 0 amide bonds. The second-order valence-corrected chi connectivity index (χ2v) is 9.56. The molecule has 1 atom stereocenters. The number of aliphatic hydroxyl groups excluding tert-OH is 1. The lowest BCUT2D eigenvalue weighted by atomic mass is 9.94. The van der Waals surface area contributed by atoms with Crippen molar-refractivity contribution in [3.63, 3.8) is 0 Å². The summed E-state index contributed by atoms with van der Waals surface area (Å²) < 4.78 is 7.64. The fraction of sp³-hybridized carbons (Fsp3) is 0.423. The number of carbonyl (C=O) groups is 2. The first kappa shape index (κ1) is 27.1. The van der Waals surface area contributed by atoms with Crippen molar-refractivity contribution in [1.82, 2.24) is 9.55 Å². The van der Waals surface area contributed by atoms with Crippen LogP contribution in [-0.4, -0.2) is 44.7 Å². The van der Waals surface area contributed by atoms with E-state index in [2.05, 4.69) is 4.98 Å². The van der Waals surface area contributed by atoms with Gasteiger partial charge in [-0.25, -0.2) is 4.98 Å². The largest absolute Gasteiger partial charge is 0.481 e. The molecule has 188 valence electrons. The van der Waals surface area contributed by atoms with Gasteiger partial charge >= 0.3 is 5.97 Å². The van der Waals surface area contributed by atoms with Gasteiger partial charge in [0, 0.05) is 53.9 Å². The van der Waals surface area contributed by atoms with Gasteiger partial charge < -0.3 is 19.5 Å². The zero-order chi connectivity index (χ0) is 25.4. The van der Waals surface area contributed by atoms with Crippen LogP contribution >= 0.6 is 23.2 Å². The highest BCUT2D eigenvalue weighted by Gasteiger charge is 2.25. The van der Waals surface area contributed by atoms with Crippen LogP contribution in [0.5, 0.6) is 0 Å². The number of hydrogen-bond acceptors (Lipinski definition) is 5. The van der Waals surface area contributed by atoms with Crippen LogP contribution < -0.4 is 0 Å². The maximum atomic E-state index is 13.3. The quantitative estimate of drug-likeness (QED) is 0.213. The number of hydrogen-bond donors (Lipinski definition) is 2. The third kappa shape index (κ3) is 7.51. The summed E-state index contributed by atoms with van der Waals surface area (Å²) in [6.07, 6.45) is 3.66. The molecular formula is C26H30Cl2N2O5. The number of nitrogens with zero attached hydrogens (tertiary/aromatic N) is 2. The van der Waals surface area contributed by atoms with E-state index in [1.54, 1.807) is 13.0 Å². The highest BCUT2D eigenvalue weighted by molar-refractivity contribution is 6.31. The van der Waals surface area contributed by atoms with Crippen LogP contribution in [0.15, 0.2) is 36.5 Å². The van der Waals surface area contributed by atoms with E-state index < -0.39 is 5.97 Å². The summed E-state index contributed by atoms with van der Waals surface area (Å²) in [7, 11) is 0. The molecule has 2 N–H and O–H groups in total. The minimum absolute atomic E-state index is 0.0840. The Bertz CT molecular complexity index is 1180. The van der Waals surface area contributed by atoms with Crippen molar-refractivity contribution >= 4 is 46.0 Å². The van der Waals surface area contributed by atoms with Gasteiger partial charge in [0.2, 0.25) is 0 Å². The summed E-state index contributed by atoms with van der Waals surface area (Å²) in [6.45, 7) is 2.96. The van der Waals surface area contributed by atoms with E-state index in [0.29, 0.717) is 52.8 Å². The Balaban J connectivity index is 1.75. The number of rotatable bonds is 14. The summed E-state index contributed by atoms with van der Waals surface area (Å²) in [5.74, 6) is -1.39. The van der Waals surface area contributed by atoms with Gasteiger partial charge in [0.1, 0.15) is 5.65 Å². The molecule has 0 aliphatic carbocycles. The summed E-state index contributed by atoms with van der Waals surface area (Å²) in [5, 5.41) is 20.5. The SMILES string of the molecule is CC(CC(=O)O)CC(=O)c1c(CCCCOCc2cccc(Cl)c2)n(CCO)c2ncc(Cl)cc12. The molecule has 0 saturated heterocycles. The van der Waals surface area contributed by atoms with Gasteiger partial charge in [-0.1, -0.05) is 42.3 Å². The zero-order valence-corrected chi connectivity index (χ0v) is 21.2. The van der Waals surface area contributed by atoms with E-state index >= 15 is 0 Å². The number of aliphatic hydroxyl groups is 1. The molecule has 7 nitrogen and oxygen atoms in total. The van der Waals surface area contributed by atoms with Gasteiger partial charge in [-0.15, -0.1) is 0 Å². The number of ketones is 1. The predicted octanol–water partition coefficient (Wildman–Crippen LogP) is 5.56. The standard InChI is InChI=1S/C26H30Cl2N2O5/c1-17(12-24(33)34)11-23(32)25-21-14-20(28)15-29-26(21)30(8-9-31)22(25)7-2-3-10-35-16-18-5-4-6-19(27)13-18/h4-6,13-15,17,31H,2-3,7-12,16H2,1H3,(H,33,34). The molecule has 1 unspecified atom stereocenters. The average Bonchev–Trinajstić information content (AvgIpc) is 3.08. The number of pyridine rings is 1. The number of unbranched alkanes of at least 4 members (excludes halogenated alkanes) is 1. The molecule has 0 fully saturated rings. The highest BCUT2D eigenvalue weighted by atomic mass is 35.5. The van der Waals surface area contributed by atoms with Crippen LogP contribution in [0.2, 0.25) is 10.0 Å². The molecule has 0 spiro atoms. The fourth-order valence-corrected chi connectivity index (χ4v) is 4.63. The second kappa shape index (κ2) is 13.0. The van der Waals surface area contributed by atoms with Gasteiger partial charge in [0.25, 0.3) is 0 Å². The number of aliphatic carboxylic acids is 1. The molecule has 0 aliphatic heterocycles. The van der Waals surface area contributed by atoms with Crippen molar-refractivity contribution in [3.05, 3.63) is 63.4 Å². The Morgan fingerprint density at radius 3 is 2.66 bits per heavy atom. The molecule has 0 aliphatic rings. The number of carboxylic acids is 1. The number of carbonyl (C=O) groups excluding carboxylic acids is 1. The lowest BCUT2D eigenvalue weighted by Crippen LogP contribution is -2.14. The molecule has 9 heteroatoms. The normalized spacial score (nSPS) is 12.2. The number of ether oxygens (including phenoxy) is 1. The fourth-order valence-electron chi connectivity index (χ4n) is 4.26. The van der Waals surface area contributed by atoms with Crippen molar-refractivity contribution in [2.24, 2.45) is 5.92 Å². The summed E-state index contributed by atoms with van der Waals surface area (Å²) in [4.78, 5) is 28.9. The average molecular weight is 521 g/mol. The molecule has 0 saturated carbocycles.